The number of hydrogen-bond donors (Lipinski definition) is 1. The molecule has 6 heteroatoms. The lowest BCUT2D eigenvalue weighted by atomic mass is 10.1. The van der Waals surface area contributed by atoms with E-state index in [2.05, 4.69) is 15.4 Å². The van der Waals surface area contributed by atoms with Crippen LogP contribution in [0.4, 0.5) is 0 Å². The summed E-state index contributed by atoms with van der Waals surface area (Å²) in [6.45, 7) is 5.97. The van der Waals surface area contributed by atoms with E-state index in [1.54, 1.807) is 34.9 Å². The topological polar surface area (TPSA) is 73.1 Å². The maximum Gasteiger partial charge on any atom is 0.171 e. The van der Waals surface area contributed by atoms with Crippen LogP contribution in [0.15, 0.2) is 0 Å². The van der Waals surface area contributed by atoms with Gasteiger partial charge in [-0.1, -0.05) is 0 Å². The SMILES string of the molecule is COCCC(C)(C)O.Cc1nnn(C)n1. The number of hydrogen-bond acceptors (Lipinski definition) is 5. The van der Waals surface area contributed by atoms with Gasteiger partial charge in [-0.3, -0.25) is 0 Å². The fourth-order valence-corrected chi connectivity index (χ4v) is 0.731. The molecule has 0 bridgehead atoms. The van der Waals surface area contributed by atoms with Gasteiger partial charge in [0, 0.05) is 13.7 Å². The van der Waals surface area contributed by atoms with Crippen molar-refractivity contribution in [3.8, 4) is 0 Å². The lowest BCUT2D eigenvalue weighted by molar-refractivity contribution is 0.0409. The Morgan fingerprint density at radius 2 is 2.07 bits per heavy atom. The van der Waals surface area contributed by atoms with Gasteiger partial charge in [-0.15, -0.1) is 10.2 Å². The third kappa shape index (κ3) is 9.30. The molecule has 0 unspecified atom stereocenters. The highest BCUT2D eigenvalue weighted by molar-refractivity contribution is 4.65. The van der Waals surface area contributed by atoms with Crippen molar-refractivity contribution in [3.63, 3.8) is 0 Å². The van der Waals surface area contributed by atoms with Crippen molar-refractivity contribution < 1.29 is 9.84 Å². The highest BCUT2D eigenvalue weighted by Crippen LogP contribution is 2.05. The Labute approximate surface area is 90.2 Å². The molecule has 88 valence electrons. The average Bonchev–Trinajstić information content (AvgIpc) is 2.46. The first-order valence-electron chi connectivity index (χ1n) is 4.77. The third-order valence-corrected chi connectivity index (χ3v) is 1.53. The molecule has 0 amide bonds. The van der Waals surface area contributed by atoms with E-state index >= 15 is 0 Å². The summed E-state index contributed by atoms with van der Waals surface area (Å²) in [4.78, 5) is 1.43. The molecule has 6 nitrogen and oxygen atoms in total. The standard InChI is InChI=1S/C6H14O2.C3H6N4/c1-6(2,7)4-5-8-3;1-3-4-6-7(2)5-3/h7H,4-5H2,1-3H3;1-2H3. The van der Waals surface area contributed by atoms with Crippen molar-refractivity contribution in [1.82, 2.24) is 20.2 Å². The molecule has 0 aliphatic carbocycles. The van der Waals surface area contributed by atoms with Crippen LogP contribution >= 0.6 is 0 Å². The molecule has 0 aliphatic rings. The van der Waals surface area contributed by atoms with Crippen molar-refractivity contribution in [2.45, 2.75) is 32.8 Å². The zero-order valence-corrected chi connectivity index (χ0v) is 10.1. The molecule has 1 N–H and O–H groups in total. The first-order chi connectivity index (χ1) is 6.85. The zero-order valence-electron chi connectivity index (χ0n) is 10.1. The van der Waals surface area contributed by atoms with Crippen LogP contribution < -0.4 is 0 Å². The van der Waals surface area contributed by atoms with Gasteiger partial charge in [-0.2, -0.15) is 4.80 Å². The second-order valence-corrected chi connectivity index (χ2v) is 3.88. The van der Waals surface area contributed by atoms with Crippen LogP contribution in [-0.2, 0) is 11.8 Å². The smallest absolute Gasteiger partial charge is 0.171 e. The van der Waals surface area contributed by atoms with Crippen molar-refractivity contribution in [1.29, 1.82) is 0 Å². The van der Waals surface area contributed by atoms with Crippen LogP contribution in [0.5, 0.6) is 0 Å². The number of methoxy groups -OCH3 is 1. The molecule has 0 atom stereocenters. The van der Waals surface area contributed by atoms with E-state index in [9.17, 15) is 0 Å². The van der Waals surface area contributed by atoms with Crippen molar-refractivity contribution in [2.75, 3.05) is 13.7 Å². The first-order valence-corrected chi connectivity index (χ1v) is 4.77. The Morgan fingerprint density at radius 3 is 2.20 bits per heavy atom. The molecule has 1 aromatic rings. The summed E-state index contributed by atoms with van der Waals surface area (Å²) in [7, 11) is 3.37. The predicted octanol–water partition coefficient (Wildman–Crippen LogP) is 0.312. The minimum Gasteiger partial charge on any atom is -0.390 e. The highest BCUT2D eigenvalue weighted by Gasteiger charge is 2.10. The minimum absolute atomic E-state index is 0.573. The van der Waals surface area contributed by atoms with Gasteiger partial charge in [-0.05, 0) is 32.4 Å². The van der Waals surface area contributed by atoms with Crippen LogP contribution in [0, 0.1) is 6.92 Å². The van der Waals surface area contributed by atoms with Gasteiger partial charge >= 0.3 is 0 Å². The second kappa shape index (κ2) is 6.47. The zero-order chi connectivity index (χ0) is 11.9. The van der Waals surface area contributed by atoms with Gasteiger partial charge in [0.2, 0.25) is 0 Å². The monoisotopic (exact) mass is 216 g/mol. The molecule has 1 heterocycles. The van der Waals surface area contributed by atoms with Crippen LogP contribution in [0.25, 0.3) is 0 Å². The van der Waals surface area contributed by atoms with Crippen molar-refractivity contribution in [3.05, 3.63) is 5.82 Å². The first kappa shape index (κ1) is 14.0. The second-order valence-electron chi connectivity index (χ2n) is 3.88. The molecule has 0 aromatic carbocycles. The van der Waals surface area contributed by atoms with Crippen molar-refractivity contribution in [2.24, 2.45) is 7.05 Å². The van der Waals surface area contributed by atoms with Gasteiger partial charge in [-0.25, -0.2) is 0 Å². The van der Waals surface area contributed by atoms with E-state index in [1.807, 2.05) is 0 Å². The molecule has 15 heavy (non-hydrogen) atoms. The van der Waals surface area contributed by atoms with Crippen LogP contribution in [0.3, 0.4) is 0 Å². The molecule has 1 rings (SSSR count). The van der Waals surface area contributed by atoms with Crippen LogP contribution in [-0.4, -0.2) is 44.6 Å². The minimum atomic E-state index is -0.573. The molecular weight excluding hydrogens is 196 g/mol. The van der Waals surface area contributed by atoms with Gasteiger partial charge in [0.05, 0.1) is 12.6 Å². The maximum absolute atomic E-state index is 9.07. The summed E-state index contributed by atoms with van der Waals surface area (Å²) < 4.78 is 4.76. The fourth-order valence-electron chi connectivity index (χ4n) is 0.731. The Kier molecular flexibility index (Phi) is 6.03. The lowest BCUT2D eigenvalue weighted by Gasteiger charge is -2.15. The Morgan fingerprint density at radius 1 is 1.47 bits per heavy atom. The maximum atomic E-state index is 9.07. The van der Waals surface area contributed by atoms with Crippen molar-refractivity contribution >= 4 is 0 Å². The predicted molar refractivity (Wildman–Crippen MR) is 56.3 cm³/mol. The number of nitrogens with zero attached hydrogens (tertiary/aromatic N) is 4. The number of aryl methyl sites for hydroxylation is 2. The van der Waals surface area contributed by atoms with Gasteiger partial charge in [0.25, 0.3) is 0 Å². The number of aliphatic hydroxyl groups is 1. The van der Waals surface area contributed by atoms with Crippen LogP contribution in [0.2, 0.25) is 0 Å². The molecule has 0 saturated heterocycles. The number of aromatic nitrogens is 4. The Hall–Kier alpha value is -1.01. The van der Waals surface area contributed by atoms with E-state index in [0.29, 0.717) is 18.9 Å². The molecule has 0 saturated carbocycles. The summed E-state index contributed by atoms with van der Waals surface area (Å²) in [6.07, 6.45) is 0.698. The van der Waals surface area contributed by atoms with Crippen LogP contribution in [0.1, 0.15) is 26.1 Å². The number of ether oxygens (including phenoxy) is 1. The van der Waals surface area contributed by atoms with E-state index in [1.165, 1.54) is 4.80 Å². The average molecular weight is 216 g/mol. The lowest BCUT2D eigenvalue weighted by Crippen LogP contribution is -2.20. The fraction of sp³-hybridized carbons (Fsp3) is 0.889. The molecule has 0 spiro atoms. The highest BCUT2D eigenvalue weighted by atomic mass is 16.5. The van der Waals surface area contributed by atoms with Gasteiger partial charge in [0.1, 0.15) is 0 Å². The Balaban J connectivity index is 0.000000262. The number of tetrazole rings is 1. The third-order valence-electron chi connectivity index (χ3n) is 1.53. The molecule has 0 fully saturated rings. The summed E-state index contributed by atoms with van der Waals surface area (Å²) in [5, 5.41) is 20.1. The largest absolute Gasteiger partial charge is 0.390 e. The Bertz CT molecular complexity index is 251. The normalized spacial score (nSPS) is 10.8. The molecule has 0 aliphatic heterocycles. The van der Waals surface area contributed by atoms with E-state index in [-0.39, 0.29) is 0 Å². The molecule has 0 radical (unpaired) electrons. The quantitative estimate of drug-likeness (QED) is 0.787. The molecule has 1 aromatic heterocycles. The molecular formula is C9H20N4O2. The van der Waals surface area contributed by atoms with Gasteiger partial charge < -0.3 is 9.84 Å². The van der Waals surface area contributed by atoms with Gasteiger partial charge in [0.15, 0.2) is 5.82 Å². The summed E-state index contributed by atoms with van der Waals surface area (Å²) in [5.74, 6) is 0.711. The van der Waals surface area contributed by atoms with E-state index in [0.717, 1.165) is 0 Å². The summed E-state index contributed by atoms with van der Waals surface area (Å²) >= 11 is 0. The van der Waals surface area contributed by atoms with E-state index in [4.69, 9.17) is 9.84 Å². The summed E-state index contributed by atoms with van der Waals surface area (Å²) in [5.41, 5.74) is -0.573. The van der Waals surface area contributed by atoms with E-state index < -0.39 is 5.60 Å². The summed E-state index contributed by atoms with van der Waals surface area (Å²) in [6, 6.07) is 0. The number of rotatable bonds is 3.